The smallest absolute Gasteiger partial charge is 0.421 e. The Balaban J connectivity index is 1.34. The van der Waals surface area contributed by atoms with E-state index in [4.69, 9.17) is 18.6 Å². The lowest BCUT2D eigenvalue weighted by Gasteiger charge is -2.21. The SMILES string of the molecule is C=CC(=C)C(=O)OCOC(=O)n1cc(CC(NC(=O)OCc2cc3ccccc3o2)C(=O)N[C@@H](C)c2ccccc2)c2ccccc21. The summed E-state index contributed by atoms with van der Waals surface area (Å²) in [4.78, 5) is 51.5. The Kier molecular flexibility index (Phi) is 10.2. The van der Waals surface area contributed by atoms with Gasteiger partial charge in [-0.15, -0.1) is 0 Å². The van der Waals surface area contributed by atoms with Crippen LogP contribution in [0.3, 0.4) is 0 Å². The summed E-state index contributed by atoms with van der Waals surface area (Å²) in [6, 6.07) is 24.1. The number of aromatic nitrogens is 1. The zero-order chi connectivity index (χ0) is 33.3. The molecule has 2 amide bonds. The van der Waals surface area contributed by atoms with Gasteiger partial charge in [0.1, 0.15) is 17.4 Å². The molecular formula is C36H33N3O8. The van der Waals surface area contributed by atoms with Crippen molar-refractivity contribution in [1.29, 1.82) is 0 Å². The lowest BCUT2D eigenvalue weighted by atomic mass is 10.0. The fourth-order valence-electron chi connectivity index (χ4n) is 4.94. The van der Waals surface area contributed by atoms with Gasteiger partial charge >= 0.3 is 18.2 Å². The minimum Gasteiger partial charge on any atom is -0.457 e. The molecule has 0 radical (unpaired) electrons. The van der Waals surface area contributed by atoms with Gasteiger partial charge in [-0.25, -0.2) is 14.4 Å². The number of rotatable bonds is 12. The summed E-state index contributed by atoms with van der Waals surface area (Å²) >= 11 is 0. The molecule has 0 fully saturated rings. The van der Waals surface area contributed by atoms with Gasteiger partial charge in [0, 0.05) is 23.4 Å². The standard InChI is InChI=1S/C36H33N3O8/c1-4-23(2)34(41)45-22-46-36(43)39-20-27(29-15-9-10-16-31(29)39)19-30(33(40)37-24(3)25-12-6-5-7-13-25)38-35(42)44-21-28-18-26-14-8-11-17-32(26)47-28/h4-18,20,24,30H,1-2,19,21-22H2,3H3,(H,37,40)(H,38,42)/t24-,30?/m0/s1. The van der Waals surface area contributed by atoms with Gasteiger partial charge in [-0.1, -0.05) is 86.0 Å². The van der Waals surface area contributed by atoms with Crippen molar-refractivity contribution in [3.63, 3.8) is 0 Å². The van der Waals surface area contributed by atoms with Crippen molar-refractivity contribution in [2.45, 2.75) is 32.0 Å². The molecule has 2 atom stereocenters. The molecule has 5 rings (SSSR count). The number of fused-ring (bicyclic) bond motifs is 2. The number of carbonyl (C=O) groups is 4. The molecule has 1 unspecified atom stereocenters. The second-order valence-corrected chi connectivity index (χ2v) is 10.6. The molecule has 0 aliphatic heterocycles. The van der Waals surface area contributed by atoms with E-state index in [0.717, 1.165) is 10.9 Å². The van der Waals surface area contributed by atoms with Gasteiger partial charge < -0.3 is 29.3 Å². The van der Waals surface area contributed by atoms with Crippen molar-refractivity contribution >= 4 is 45.9 Å². The molecule has 0 bridgehead atoms. The molecule has 0 saturated heterocycles. The van der Waals surface area contributed by atoms with Crippen molar-refractivity contribution in [3.8, 4) is 0 Å². The summed E-state index contributed by atoms with van der Waals surface area (Å²) in [6.07, 6.45) is 1.10. The Morgan fingerprint density at radius 1 is 0.915 bits per heavy atom. The molecule has 240 valence electrons. The summed E-state index contributed by atoms with van der Waals surface area (Å²) in [5.41, 5.74) is 2.61. The fourth-order valence-corrected chi connectivity index (χ4v) is 4.94. The molecule has 11 nitrogen and oxygen atoms in total. The van der Waals surface area contributed by atoms with Crippen LogP contribution in [0.4, 0.5) is 9.59 Å². The highest BCUT2D eigenvalue weighted by atomic mass is 16.7. The Morgan fingerprint density at radius 3 is 2.40 bits per heavy atom. The van der Waals surface area contributed by atoms with Crippen LogP contribution in [0.1, 0.15) is 29.9 Å². The zero-order valence-corrected chi connectivity index (χ0v) is 25.6. The van der Waals surface area contributed by atoms with Crippen LogP contribution in [0.5, 0.6) is 0 Å². The number of ether oxygens (including phenoxy) is 3. The first-order valence-corrected chi connectivity index (χ1v) is 14.7. The number of para-hydroxylation sites is 2. The number of alkyl carbamates (subject to hydrolysis) is 1. The second-order valence-electron chi connectivity index (χ2n) is 10.6. The van der Waals surface area contributed by atoms with Gasteiger partial charge in [-0.05, 0) is 36.2 Å². The highest BCUT2D eigenvalue weighted by molar-refractivity contribution is 5.94. The van der Waals surface area contributed by atoms with E-state index in [1.54, 1.807) is 30.3 Å². The molecular weight excluding hydrogens is 602 g/mol. The van der Waals surface area contributed by atoms with Crippen LogP contribution >= 0.6 is 0 Å². The monoisotopic (exact) mass is 635 g/mol. The van der Waals surface area contributed by atoms with Gasteiger partial charge in [-0.3, -0.25) is 9.36 Å². The Morgan fingerprint density at radius 2 is 1.64 bits per heavy atom. The van der Waals surface area contributed by atoms with Crippen molar-refractivity contribution in [2.24, 2.45) is 0 Å². The van der Waals surface area contributed by atoms with Crippen molar-refractivity contribution in [3.05, 3.63) is 133 Å². The van der Waals surface area contributed by atoms with Gasteiger partial charge in [0.15, 0.2) is 6.61 Å². The van der Waals surface area contributed by atoms with Crippen LogP contribution in [0, 0.1) is 0 Å². The van der Waals surface area contributed by atoms with E-state index in [2.05, 4.69) is 23.8 Å². The number of nitrogens with one attached hydrogen (secondary N) is 2. The number of hydrogen-bond donors (Lipinski definition) is 2. The molecule has 3 aromatic carbocycles. The van der Waals surface area contributed by atoms with E-state index in [1.165, 1.54) is 16.8 Å². The molecule has 2 heterocycles. The zero-order valence-electron chi connectivity index (χ0n) is 25.6. The normalized spacial score (nSPS) is 12.1. The Hall–Kier alpha value is -6.10. The number of nitrogens with zero attached hydrogens (tertiary/aromatic N) is 1. The quantitative estimate of drug-likeness (QED) is 0.0702. The highest BCUT2D eigenvalue weighted by Gasteiger charge is 2.26. The fraction of sp³-hybridized carbons (Fsp3) is 0.167. The van der Waals surface area contributed by atoms with Crippen LogP contribution < -0.4 is 10.6 Å². The average Bonchev–Trinajstić information content (AvgIpc) is 3.68. The predicted octanol–water partition coefficient (Wildman–Crippen LogP) is 6.33. The van der Waals surface area contributed by atoms with E-state index in [0.29, 0.717) is 27.8 Å². The molecule has 0 spiro atoms. The first-order valence-electron chi connectivity index (χ1n) is 14.7. The van der Waals surface area contributed by atoms with Gasteiger partial charge in [0.05, 0.1) is 17.1 Å². The molecule has 0 aliphatic carbocycles. The van der Waals surface area contributed by atoms with Crippen LogP contribution in [-0.4, -0.2) is 41.5 Å². The second kappa shape index (κ2) is 14.8. The lowest BCUT2D eigenvalue weighted by molar-refractivity contribution is -0.146. The lowest BCUT2D eigenvalue weighted by Crippen LogP contribution is -2.48. The predicted molar refractivity (Wildman–Crippen MR) is 174 cm³/mol. The van der Waals surface area contributed by atoms with Gasteiger partial charge in [0.2, 0.25) is 12.7 Å². The summed E-state index contributed by atoms with van der Waals surface area (Å²) in [5, 5.41) is 7.15. The van der Waals surface area contributed by atoms with E-state index in [1.807, 2.05) is 61.5 Å². The van der Waals surface area contributed by atoms with Crippen molar-refractivity contribution < 1.29 is 37.8 Å². The first-order chi connectivity index (χ1) is 22.7. The maximum Gasteiger partial charge on any atom is 0.421 e. The molecule has 0 aliphatic rings. The van der Waals surface area contributed by atoms with E-state index >= 15 is 0 Å². The third-order valence-corrected chi connectivity index (χ3v) is 7.39. The number of carbonyl (C=O) groups excluding carboxylic acids is 4. The summed E-state index contributed by atoms with van der Waals surface area (Å²) in [6.45, 7) is 7.98. The Bertz CT molecular complexity index is 1910. The van der Waals surface area contributed by atoms with Gasteiger partial charge in [-0.2, -0.15) is 0 Å². The highest BCUT2D eigenvalue weighted by Crippen LogP contribution is 2.24. The molecule has 0 saturated carbocycles. The van der Waals surface area contributed by atoms with E-state index in [9.17, 15) is 19.2 Å². The third-order valence-electron chi connectivity index (χ3n) is 7.39. The number of esters is 1. The van der Waals surface area contributed by atoms with Crippen molar-refractivity contribution in [2.75, 3.05) is 6.79 Å². The van der Waals surface area contributed by atoms with Crippen LogP contribution in [-0.2, 0) is 36.8 Å². The van der Waals surface area contributed by atoms with E-state index in [-0.39, 0.29) is 24.6 Å². The van der Waals surface area contributed by atoms with Gasteiger partial charge in [0.25, 0.3) is 0 Å². The average molecular weight is 636 g/mol. The maximum atomic E-state index is 13.7. The molecule has 2 N–H and O–H groups in total. The summed E-state index contributed by atoms with van der Waals surface area (Å²) in [5.74, 6) is -0.792. The molecule has 5 aromatic rings. The topological polar surface area (TPSA) is 138 Å². The summed E-state index contributed by atoms with van der Waals surface area (Å²) < 4.78 is 22.5. The minimum absolute atomic E-state index is 0.00200. The molecule has 47 heavy (non-hydrogen) atoms. The van der Waals surface area contributed by atoms with Crippen molar-refractivity contribution in [1.82, 2.24) is 15.2 Å². The summed E-state index contributed by atoms with van der Waals surface area (Å²) in [7, 11) is 0. The first kappa shape index (κ1) is 32.3. The largest absolute Gasteiger partial charge is 0.457 e. The van der Waals surface area contributed by atoms with Crippen LogP contribution in [0.2, 0.25) is 0 Å². The number of hydrogen-bond acceptors (Lipinski definition) is 8. The van der Waals surface area contributed by atoms with Crippen LogP contribution in [0.25, 0.3) is 21.9 Å². The maximum absolute atomic E-state index is 13.7. The van der Waals surface area contributed by atoms with E-state index < -0.39 is 36.9 Å². The molecule has 2 aromatic heterocycles. The molecule has 11 heteroatoms. The number of benzene rings is 3. The number of amides is 2. The Labute approximate surface area is 270 Å². The number of furan rings is 1. The minimum atomic E-state index is -1.09. The van der Waals surface area contributed by atoms with Crippen LogP contribution in [0.15, 0.2) is 120 Å². The third kappa shape index (κ3) is 7.95.